The fourth-order valence-electron chi connectivity index (χ4n) is 0.297. The lowest BCUT2D eigenvalue weighted by molar-refractivity contribution is -0.110. The van der Waals surface area contributed by atoms with Crippen LogP contribution in [0.25, 0.3) is 0 Å². The molecule has 0 saturated carbocycles. The summed E-state index contributed by atoms with van der Waals surface area (Å²) in [6.07, 6.45) is 0.774. The zero-order valence-electron chi connectivity index (χ0n) is 5.18. The number of hydrogen-bond donors (Lipinski definition) is 1. The smallest absolute Gasteiger partial charge is 0.207 e. The van der Waals surface area contributed by atoms with E-state index in [4.69, 9.17) is 4.74 Å². The van der Waals surface area contributed by atoms with Crippen molar-refractivity contribution in [1.82, 2.24) is 5.32 Å². The number of methoxy groups -OCH3 is 1. The highest BCUT2D eigenvalue weighted by molar-refractivity contribution is 5.45. The fourth-order valence-corrected chi connectivity index (χ4v) is 0.297. The molecule has 0 aliphatic rings. The van der Waals surface area contributed by atoms with Crippen LogP contribution >= 0.6 is 0 Å². The zero-order valence-corrected chi connectivity index (χ0v) is 5.18. The van der Waals surface area contributed by atoms with Crippen LogP contribution in [-0.2, 0) is 9.53 Å². The van der Waals surface area contributed by atoms with E-state index in [0.29, 0.717) is 13.0 Å². The molecule has 0 radical (unpaired) electrons. The third-order valence-electron chi connectivity index (χ3n) is 0.891. The summed E-state index contributed by atoms with van der Waals surface area (Å²) in [7, 11) is 1.61. The Hall–Kier alpha value is -0.570. The lowest BCUT2D eigenvalue weighted by Gasteiger charge is -2.05. The highest BCUT2D eigenvalue weighted by Gasteiger charge is 1.93. The van der Waals surface area contributed by atoms with E-state index in [0.717, 1.165) is 0 Å². The van der Waals surface area contributed by atoms with Crippen LogP contribution in [0.15, 0.2) is 0 Å². The molecule has 1 amide bonds. The second-order valence-corrected chi connectivity index (χ2v) is 1.57. The Labute approximate surface area is 49.0 Å². The number of rotatable bonds is 4. The van der Waals surface area contributed by atoms with Crippen LogP contribution in [0.1, 0.15) is 6.92 Å². The van der Waals surface area contributed by atoms with E-state index in [1.807, 2.05) is 6.92 Å². The predicted molar refractivity (Wildman–Crippen MR) is 30.5 cm³/mol. The molecule has 0 aromatic rings. The van der Waals surface area contributed by atoms with Crippen molar-refractivity contribution in [2.24, 2.45) is 0 Å². The van der Waals surface area contributed by atoms with Crippen molar-refractivity contribution in [3.05, 3.63) is 0 Å². The van der Waals surface area contributed by atoms with E-state index in [-0.39, 0.29) is 6.10 Å². The molecule has 1 atom stereocenters. The van der Waals surface area contributed by atoms with Gasteiger partial charge in [0.15, 0.2) is 0 Å². The van der Waals surface area contributed by atoms with Crippen molar-refractivity contribution in [2.45, 2.75) is 13.0 Å². The quantitative estimate of drug-likeness (QED) is 0.516. The second-order valence-electron chi connectivity index (χ2n) is 1.57. The van der Waals surface area contributed by atoms with Crippen molar-refractivity contribution in [1.29, 1.82) is 0 Å². The third kappa shape index (κ3) is 3.61. The predicted octanol–water partition coefficient (Wildman–Crippen LogP) is -0.233. The summed E-state index contributed by atoms with van der Waals surface area (Å²) < 4.78 is 4.83. The van der Waals surface area contributed by atoms with Gasteiger partial charge >= 0.3 is 0 Å². The number of amides is 1. The number of ether oxygens (including phenoxy) is 1. The van der Waals surface area contributed by atoms with Crippen molar-refractivity contribution < 1.29 is 9.53 Å². The largest absolute Gasteiger partial charge is 0.380 e. The maximum atomic E-state index is 9.66. The average molecular weight is 117 g/mol. The monoisotopic (exact) mass is 117 g/mol. The fraction of sp³-hybridized carbons (Fsp3) is 0.800. The minimum Gasteiger partial charge on any atom is -0.380 e. The normalized spacial score (nSPS) is 12.8. The minimum atomic E-state index is 0.111. The maximum absolute atomic E-state index is 9.66. The molecule has 0 aromatic heterocycles. The molecule has 0 spiro atoms. The van der Waals surface area contributed by atoms with Crippen LogP contribution in [0.3, 0.4) is 0 Å². The summed E-state index contributed by atoms with van der Waals surface area (Å²) in [6, 6.07) is 0. The molecular formula is C5H11NO2. The first-order valence-corrected chi connectivity index (χ1v) is 2.51. The molecule has 0 fully saturated rings. The molecule has 0 aliphatic carbocycles. The first-order valence-electron chi connectivity index (χ1n) is 2.51. The zero-order chi connectivity index (χ0) is 6.41. The standard InChI is InChI=1S/C5H11NO2/c1-5(8-2)3-6-4-7/h4-5H,3H2,1-2H3,(H,6,7). The number of carbonyl (C=O) groups excluding carboxylic acids is 1. The van der Waals surface area contributed by atoms with Gasteiger partial charge in [-0.05, 0) is 6.92 Å². The molecule has 0 aliphatic heterocycles. The summed E-state index contributed by atoms with van der Waals surface area (Å²) in [6.45, 7) is 2.47. The molecular weight excluding hydrogens is 106 g/mol. The third-order valence-corrected chi connectivity index (χ3v) is 0.891. The Bertz CT molecular complexity index is 65.4. The summed E-state index contributed by atoms with van der Waals surface area (Å²) in [5, 5.41) is 2.49. The lowest BCUT2D eigenvalue weighted by atomic mass is 10.4. The molecule has 0 heterocycles. The van der Waals surface area contributed by atoms with Gasteiger partial charge in [0.25, 0.3) is 0 Å². The number of nitrogens with one attached hydrogen (secondary N) is 1. The van der Waals surface area contributed by atoms with Gasteiger partial charge in [-0.15, -0.1) is 0 Å². The Balaban J connectivity index is 2.97. The molecule has 0 aromatic carbocycles. The molecule has 1 unspecified atom stereocenters. The molecule has 0 bridgehead atoms. The van der Waals surface area contributed by atoms with Crippen molar-refractivity contribution in [2.75, 3.05) is 13.7 Å². The van der Waals surface area contributed by atoms with Gasteiger partial charge in [-0.1, -0.05) is 0 Å². The van der Waals surface area contributed by atoms with Crippen molar-refractivity contribution in [3.8, 4) is 0 Å². The van der Waals surface area contributed by atoms with Crippen LogP contribution in [0.4, 0.5) is 0 Å². The second kappa shape index (κ2) is 4.59. The van der Waals surface area contributed by atoms with E-state index in [9.17, 15) is 4.79 Å². The summed E-state index contributed by atoms with van der Waals surface area (Å²) in [5.74, 6) is 0. The molecule has 0 saturated heterocycles. The van der Waals surface area contributed by atoms with Crippen LogP contribution in [0.5, 0.6) is 0 Å². The van der Waals surface area contributed by atoms with Gasteiger partial charge < -0.3 is 10.1 Å². The molecule has 0 rings (SSSR count). The van der Waals surface area contributed by atoms with Crippen molar-refractivity contribution in [3.63, 3.8) is 0 Å². The van der Waals surface area contributed by atoms with E-state index in [1.165, 1.54) is 0 Å². The molecule has 48 valence electrons. The van der Waals surface area contributed by atoms with Crippen molar-refractivity contribution >= 4 is 6.41 Å². The minimum absolute atomic E-state index is 0.111. The van der Waals surface area contributed by atoms with Gasteiger partial charge in [0, 0.05) is 13.7 Å². The highest BCUT2D eigenvalue weighted by atomic mass is 16.5. The SMILES string of the molecule is COC(C)CNC=O. The molecule has 8 heavy (non-hydrogen) atoms. The average Bonchev–Trinajstić information content (AvgIpc) is 1.83. The molecule has 3 nitrogen and oxygen atoms in total. The maximum Gasteiger partial charge on any atom is 0.207 e. The van der Waals surface area contributed by atoms with Crippen LogP contribution in [0.2, 0.25) is 0 Å². The van der Waals surface area contributed by atoms with E-state index in [2.05, 4.69) is 5.32 Å². The topological polar surface area (TPSA) is 38.3 Å². The van der Waals surface area contributed by atoms with Crippen LogP contribution in [0, 0.1) is 0 Å². The Kier molecular flexibility index (Phi) is 4.26. The van der Waals surface area contributed by atoms with Gasteiger partial charge in [0.05, 0.1) is 6.10 Å². The van der Waals surface area contributed by atoms with Gasteiger partial charge in [0.2, 0.25) is 6.41 Å². The Morgan fingerprint density at radius 1 is 1.88 bits per heavy atom. The van der Waals surface area contributed by atoms with Gasteiger partial charge in [-0.25, -0.2) is 0 Å². The molecule has 3 heteroatoms. The molecule has 1 N–H and O–H groups in total. The van der Waals surface area contributed by atoms with Crippen LogP contribution in [-0.4, -0.2) is 26.2 Å². The summed E-state index contributed by atoms with van der Waals surface area (Å²) in [4.78, 5) is 9.66. The summed E-state index contributed by atoms with van der Waals surface area (Å²) >= 11 is 0. The first-order chi connectivity index (χ1) is 3.81. The summed E-state index contributed by atoms with van der Waals surface area (Å²) in [5.41, 5.74) is 0. The highest BCUT2D eigenvalue weighted by Crippen LogP contribution is 1.80. The Morgan fingerprint density at radius 3 is 2.88 bits per heavy atom. The van der Waals surface area contributed by atoms with Gasteiger partial charge in [-0.2, -0.15) is 0 Å². The van der Waals surface area contributed by atoms with E-state index >= 15 is 0 Å². The number of carbonyl (C=O) groups is 1. The van der Waals surface area contributed by atoms with Crippen LogP contribution < -0.4 is 5.32 Å². The lowest BCUT2D eigenvalue weighted by Crippen LogP contribution is -2.24. The number of hydrogen-bond acceptors (Lipinski definition) is 2. The van der Waals surface area contributed by atoms with E-state index < -0.39 is 0 Å². The Morgan fingerprint density at radius 2 is 2.50 bits per heavy atom. The first kappa shape index (κ1) is 7.43. The van der Waals surface area contributed by atoms with E-state index in [1.54, 1.807) is 7.11 Å². The van der Waals surface area contributed by atoms with Gasteiger partial charge in [0.1, 0.15) is 0 Å². The van der Waals surface area contributed by atoms with Gasteiger partial charge in [-0.3, -0.25) is 4.79 Å².